The number of anilines is 1. The van der Waals surface area contributed by atoms with E-state index in [4.69, 9.17) is 5.14 Å². The quantitative estimate of drug-likeness (QED) is 0.555. The van der Waals surface area contributed by atoms with Crippen molar-refractivity contribution in [2.75, 3.05) is 24.7 Å². The highest BCUT2D eigenvalue weighted by atomic mass is 32.2. The summed E-state index contributed by atoms with van der Waals surface area (Å²) in [6.07, 6.45) is 2.22. The normalized spacial score (nSPS) is 12.3. The van der Waals surface area contributed by atoms with E-state index in [0.717, 1.165) is 12.4 Å². The van der Waals surface area contributed by atoms with Gasteiger partial charge in [-0.05, 0) is 0 Å². The summed E-state index contributed by atoms with van der Waals surface area (Å²) >= 11 is 0. The van der Waals surface area contributed by atoms with Crippen molar-refractivity contribution >= 4 is 26.0 Å². The predicted molar refractivity (Wildman–Crippen MR) is 64.7 cm³/mol. The zero-order valence-corrected chi connectivity index (χ0v) is 11.1. The zero-order chi connectivity index (χ0) is 13.8. The second kappa shape index (κ2) is 5.56. The summed E-state index contributed by atoms with van der Waals surface area (Å²) < 4.78 is 46.7. The minimum absolute atomic E-state index is 0.157. The van der Waals surface area contributed by atoms with Gasteiger partial charge in [0.05, 0.1) is 18.1 Å². The third kappa shape index (κ3) is 4.52. The average molecular weight is 295 g/mol. The van der Waals surface area contributed by atoms with Crippen LogP contribution in [-0.4, -0.2) is 46.1 Å². The minimum atomic E-state index is -3.83. The van der Waals surface area contributed by atoms with Crippen molar-refractivity contribution < 1.29 is 16.8 Å². The molecule has 0 saturated carbocycles. The Kier molecular flexibility index (Phi) is 4.56. The Hall–Kier alpha value is -1.30. The van der Waals surface area contributed by atoms with Crippen LogP contribution in [-0.2, 0) is 20.0 Å². The molecular formula is C7H13N5O4S2. The number of nitrogens with zero attached hydrogens (tertiary/aromatic N) is 2. The number of nitrogens with two attached hydrogens (primary N) is 1. The van der Waals surface area contributed by atoms with E-state index >= 15 is 0 Å². The molecule has 1 aromatic rings. The molecule has 11 heteroatoms. The standard InChI is InChI=1S/C7H13N5O4S2/c1-9-7-10-4-6(5-11-7)18(15,16)12-2-3-17(8,13)14/h4-5,12H,2-3H2,1H3,(H2,8,13,14)(H,9,10,11). The van der Waals surface area contributed by atoms with E-state index in [9.17, 15) is 16.8 Å². The van der Waals surface area contributed by atoms with Crippen molar-refractivity contribution in [2.24, 2.45) is 5.14 Å². The lowest BCUT2D eigenvalue weighted by molar-refractivity contribution is 0.580. The molecule has 0 aliphatic rings. The largest absolute Gasteiger partial charge is 0.357 e. The first kappa shape index (κ1) is 14.8. The predicted octanol–water partition coefficient (Wildman–Crippen LogP) is -1.91. The van der Waals surface area contributed by atoms with E-state index in [2.05, 4.69) is 20.0 Å². The molecular weight excluding hydrogens is 282 g/mol. The first-order valence-corrected chi connectivity index (χ1v) is 7.94. The van der Waals surface area contributed by atoms with Gasteiger partial charge in [-0.25, -0.2) is 36.7 Å². The first-order chi connectivity index (χ1) is 8.24. The molecule has 1 aromatic heterocycles. The first-order valence-electron chi connectivity index (χ1n) is 4.74. The van der Waals surface area contributed by atoms with Gasteiger partial charge in [-0.1, -0.05) is 0 Å². The number of hydrogen-bond donors (Lipinski definition) is 3. The molecule has 0 radical (unpaired) electrons. The zero-order valence-electron chi connectivity index (χ0n) is 9.49. The highest BCUT2D eigenvalue weighted by molar-refractivity contribution is 7.90. The highest BCUT2D eigenvalue weighted by Crippen LogP contribution is 2.06. The lowest BCUT2D eigenvalue weighted by atomic mass is 10.7. The summed E-state index contributed by atoms with van der Waals surface area (Å²) in [4.78, 5) is 7.32. The van der Waals surface area contributed by atoms with E-state index in [1.54, 1.807) is 7.05 Å². The second-order valence-corrected chi connectivity index (χ2v) is 6.76. The van der Waals surface area contributed by atoms with Crippen molar-refractivity contribution in [1.82, 2.24) is 14.7 Å². The van der Waals surface area contributed by atoms with Crippen LogP contribution in [0.4, 0.5) is 5.95 Å². The molecule has 0 bridgehead atoms. The van der Waals surface area contributed by atoms with Crippen molar-refractivity contribution in [3.05, 3.63) is 12.4 Å². The molecule has 102 valence electrons. The Balaban J connectivity index is 2.74. The van der Waals surface area contributed by atoms with Gasteiger partial charge in [0, 0.05) is 13.6 Å². The van der Waals surface area contributed by atoms with Crippen LogP contribution in [0.1, 0.15) is 0 Å². The molecule has 0 unspecified atom stereocenters. The van der Waals surface area contributed by atoms with Gasteiger partial charge in [-0.15, -0.1) is 0 Å². The molecule has 9 nitrogen and oxygen atoms in total. The van der Waals surface area contributed by atoms with Crippen LogP contribution in [0, 0.1) is 0 Å². The van der Waals surface area contributed by atoms with Gasteiger partial charge in [0.2, 0.25) is 26.0 Å². The van der Waals surface area contributed by atoms with Crippen LogP contribution in [0.3, 0.4) is 0 Å². The molecule has 0 aliphatic carbocycles. The van der Waals surface area contributed by atoms with Crippen molar-refractivity contribution in [2.45, 2.75) is 4.90 Å². The Bertz CT molecular complexity index is 595. The monoisotopic (exact) mass is 295 g/mol. The van der Waals surface area contributed by atoms with E-state index in [1.807, 2.05) is 0 Å². The lowest BCUT2D eigenvalue weighted by Gasteiger charge is -2.05. The molecule has 4 N–H and O–H groups in total. The van der Waals surface area contributed by atoms with Gasteiger partial charge in [0.1, 0.15) is 4.90 Å². The van der Waals surface area contributed by atoms with Crippen molar-refractivity contribution in [1.29, 1.82) is 0 Å². The number of hydrogen-bond acceptors (Lipinski definition) is 7. The Morgan fingerprint density at radius 3 is 2.22 bits per heavy atom. The summed E-state index contributed by atoms with van der Waals surface area (Å²) in [7, 11) is -5.95. The maximum atomic E-state index is 11.7. The van der Waals surface area contributed by atoms with E-state index in [1.165, 1.54) is 0 Å². The molecule has 0 fully saturated rings. The fourth-order valence-electron chi connectivity index (χ4n) is 0.986. The number of sulfonamides is 2. The molecule has 0 aliphatic heterocycles. The molecule has 1 heterocycles. The van der Waals surface area contributed by atoms with Crippen LogP contribution < -0.4 is 15.2 Å². The van der Waals surface area contributed by atoms with Gasteiger partial charge in [0.25, 0.3) is 0 Å². The topological polar surface area (TPSA) is 144 Å². The van der Waals surface area contributed by atoms with Gasteiger partial charge in [-0.2, -0.15) is 0 Å². The third-order valence-electron chi connectivity index (χ3n) is 1.84. The third-order valence-corrected chi connectivity index (χ3v) is 4.03. The van der Waals surface area contributed by atoms with Crippen molar-refractivity contribution in [3.63, 3.8) is 0 Å². The Morgan fingerprint density at radius 1 is 1.22 bits per heavy atom. The highest BCUT2D eigenvalue weighted by Gasteiger charge is 2.15. The molecule has 0 amide bonds. The smallest absolute Gasteiger partial charge is 0.243 e. The SMILES string of the molecule is CNc1ncc(S(=O)(=O)NCCS(N)(=O)=O)cn1. The summed E-state index contributed by atoms with van der Waals surface area (Å²) in [5.74, 6) is -0.208. The summed E-state index contributed by atoms with van der Waals surface area (Å²) in [6.45, 7) is -0.311. The van der Waals surface area contributed by atoms with Crippen LogP contribution in [0.5, 0.6) is 0 Å². The fourth-order valence-corrected chi connectivity index (χ4v) is 2.42. The van der Waals surface area contributed by atoms with Crippen molar-refractivity contribution in [3.8, 4) is 0 Å². The van der Waals surface area contributed by atoms with E-state index in [0.29, 0.717) is 0 Å². The second-order valence-electron chi connectivity index (χ2n) is 3.26. The van der Waals surface area contributed by atoms with Crippen LogP contribution in [0.25, 0.3) is 0 Å². The number of aromatic nitrogens is 2. The molecule has 1 rings (SSSR count). The average Bonchev–Trinajstić information content (AvgIpc) is 2.27. The Morgan fingerprint density at radius 2 is 1.78 bits per heavy atom. The summed E-state index contributed by atoms with van der Waals surface area (Å²) in [5.41, 5.74) is 0. The lowest BCUT2D eigenvalue weighted by Crippen LogP contribution is -2.31. The molecule has 0 spiro atoms. The van der Waals surface area contributed by atoms with Gasteiger partial charge < -0.3 is 5.32 Å². The van der Waals surface area contributed by atoms with Gasteiger partial charge in [0.15, 0.2) is 0 Å². The summed E-state index contributed by atoms with van der Waals surface area (Å²) in [5, 5.41) is 7.38. The summed E-state index contributed by atoms with van der Waals surface area (Å²) in [6, 6.07) is 0. The number of primary sulfonamides is 1. The van der Waals surface area contributed by atoms with E-state index in [-0.39, 0.29) is 17.4 Å². The fraction of sp³-hybridized carbons (Fsp3) is 0.429. The van der Waals surface area contributed by atoms with Gasteiger partial charge >= 0.3 is 0 Å². The molecule has 0 aromatic carbocycles. The van der Waals surface area contributed by atoms with Crippen LogP contribution in [0.2, 0.25) is 0 Å². The number of nitrogens with one attached hydrogen (secondary N) is 2. The van der Waals surface area contributed by atoms with Crippen LogP contribution >= 0.6 is 0 Å². The van der Waals surface area contributed by atoms with Crippen LogP contribution in [0.15, 0.2) is 17.3 Å². The Labute approximate surface area is 105 Å². The molecule has 0 saturated heterocycles. The maximum Gasteiger partial charge on any atom is 0.243 e. The minimum Gasteiger partial charge on any atom is -0.357 e. The van der Waals surface area contributed by atoms with E-state index < -0.39 is 25.8 Å². The molecule has 0 atom stereocenters. The van der Waals surface area contributed by atoms with Gasteiger partial charge in [-0.3, -0.25) is 0 Å². The number of rotatable bonds is 6. The molecule has 18 heavy (non-hydrogen) atoms. The maximum absolute atomic E-state index is 11.7.